The molecule has 1 saturated carbocycles. The molecule has 25 heavy (non-hydrogen) atoms. The minimum atomic E-state index is -0.290. The van der Waals surface area contributed by atoms with Crippen LogP contribution in [-0.4, -0.2) is 31.0 Å². The first-order chi connectivity index (χ1) is 12.2. The first-order valence-corrected chi connectivity index (χ1v) is 8.21. The van der Waals surface area contributed by atoms with Crippen LogP contribution in [0.2, 0.25) is 0 Å². The molecular formula is C18H18FN5O. The summed E-state index contributed by atoms with van der Waals surface area (Å²) in [5.74, 6) is 0.765. The third kappa shape index (κ3) is 3.51. The second-order valence-corrected chi connectivity index (χ2v) is 6.28. The third-order valence-corrected chi connectivity index (χ3v) is 4.40. The number of halogens is 1. The summed E-state index contributed by atoms with van der Waals surface area (Å²) in [7, 11) is 0. The van der Waals surface area contributed by atoms with E-state index in [-0.39, 0.29) is 11.9 Å². The van der Waals surface area contributed by atoms with Crippen molar-refractivity contribution in [1.29, 1.82) is 0 Å². The van der Waals surface area contributed by atoms with E-state index in [0.29, 0.717) is 18.2 Å². The number of aliphatic hydroxyl groups excluding tert-OH is 1. The van der Waals surface area contributed by atoms with Crippen molar-refractivity contribution in [1.82, 2.24) is 19.7 Å². The number of aromatic nitrogens is 4. The molecule has 0 bridgehead atoms. The minimum Gasteiger partial charge on any atom is -0.393 e. The standard InChI is InChI=1S/C18H18FN5O/c19-14-2-1-3-15(6-14)24-10-12(9-23-24)8-20-18-7-17(21-11-22-18)13-4-16(25)5-13/h1-3,6-7,9-11,13,16,25H,4-5,8H2,(H,20,21,22). The molecule has 0 amide bonds. The summed E-state index contributed by atoms with van der Waals surface area (Å²) < 4.78 is 14.9. The first kappa shape index (κ1) is 15.7. The molecule has 0 unspecified atom stereocenters. The SMILES string of the molecule is OC1CC(c2cc(NCc3cnn(-c4cccc(F)c4)c3)ncn2)C1. The molecular weight excluding hydrogens is 321 g/mol. The lowest BCUT2D eigenvalue weighted by Gasteiger charge is -2.30. The van der Waals surface area contributed by atoms with Gasteiger partial charge >= 0.3 is 0 Å². The van der Waals surface area contributed by atoms with Gasteiger partial charge in [0.2, 0.25) is 0 Å². The molecule has 2 N–H and O–H groups in total. The van der Waals surface area contributed by atoms with E-state index in [2.05, 4.69) is 20.4 Å². The summed E-state index contributed by atoms with van der Waals surface area (Å²) >= 11 is 0. The number of aliphatic hydroxyl groups is 1. The van der Waals surface area contributed by atoms with Gasteiger partial charge < -0.3 is 10.4 Å². The molecule has 2 heterocycles. The van der Waals surface area contributed by atoms with Gasteiger partial charge in [-0.05, 0) is 31.0 Å². The van der Waals surface area contributed by atoms with Crippen LogP contribution in [0.4, 0.5) is 10.2 Å². The van der Waals surface area contributed by atoms with Crippen LogP contribution in [0.3, 0.4) is 0 Å². The van der Waals surface area contributed by atoms with Crippen molar-refractivity contribution in [3.05, 3.63) is 66.1 Å². The van der Waals surface area contributed by atoms with Crippen LogP contribution in [0, 0.1) is 5.82 Å². The van der Waals surface area contributed by atoms with E-state index in [1.54, 1.807) is 29.3 Å². The fourth-order valence-electron chi connectivity index (χ4n) is 2.93. The van der Waals surface area contributed by atoms with Crippen molar-refractivity contribution in [2.24, 2.45) is 0 Å². The van der Waals surface area contributed by atoms with Crippen LogP contribution >= 0.6 is 0 Å². The van der Waals surface area contributed by atoms with Crippen molar-refractivity contribution < 1.29 is 9.50 Å². The predicted molar refractivity (Wildman–Crippen MR) is 90.9 cm³/mol. The molecule has 0 saturated heterocycles. The highest BCUT2D eigenvalue weighted by Crippen LogP contribution is 2.35. The zero-order valence-electron chi connectivity index (χ0n) is 13.5. The maximum Gasteiger partial charge on any atom is 0.129 e. The van der Waals surface area contributed by atoms with E-state index >= 15 is 0 Å². The Morgan fingerprint density at radius 1 is 1.24 bits per heavy atom. The van der Waals surface area contributed by atoms with Crippen molar-refractivity contribution in [2.75, 3.05) is 5.32 Å². The van der Waals surface area contributed by atoms with E-state index in [1.165, 1.54) is 12.1 Å². The van der Waals surface area contributed by atoms with Gasteiger partial charge in [-0.25, -0.2) is 19.0 Å². The Balaban J connectivity index is 1.41. The quantitative estimate of drug-likeness (QED) is 0.747. The Hall–Kier alpha value is -2.80. The molecule has 1 fully saturated rings. The molecule has 1 aliphatic rings. The van der Waals surface area contributed by atoms with Gasteiger partial charge in [-0.15, -0.1) is 0 Å². The maximum atomic E-state index is 13.3. The van der Waals surface area contributed by atoms with E-state index in [1.807, 2.05) is 12.3 Å². The first-order valence-electron chi connectivity index (χ1n) is 8.21. The van der Waals surface area contributed by atoms with Gasteiger partial charge in [-0.3, -0.25) is 0 Å². The summed E-state index contributed by atoms with van der Waals surface area (Å²) in [5.41, 5.74) is 2.60. The van der Waals surface area contributed by atoms with E-state index in [0.717, 1.165) is 29.9 Å². The van der Waals surface area contributed by atoms with Crippen LogP contribution in [0.1, 0.15) is 30.0 Å². The lowest BCUT2D eigenvalue weighted by atomic mass is 9.80. The average Bonchev–Trinajstić information content (AvgIpc) is 3.07. The van der Waals surface area contributed by atoms with Gasteiger partial charge in [0.25, 0.3) is 0 Å². The summed E-state index contributed by atoms with van der Waals surface area (Å²) in [5, 5.41) is 16.9. The van der Waals surface area contributed by atoms with Gasteiger partial charge in [0.15, 0.2) is 0 Å². The molecule has 0 spiro atoms. The lowest BCUT2D eigenvalue weighted by Crippen LogP contribution is -2.27. The van der Waals surface area contributed by atoms with Gasteiger partial charge in [0, 0.05) is 36.0 Å². The van der Waals surface area contributed by atoms with Crippen LogP contribution in [0.5, 0.6) is 0 Å². The van der Waals surface area contributed by atoms with Crippen molar-refractivity contribution in [3.8, 4) is 5.69 Å². The molecule has 2 aromatic heterocycles. The molecule has 4 rings (SSSR count). The second kappa shape index (κ2) is 6.60. The molecule has 0 radical (unpaired) electrons. The molecule has 0 aliphatic heterocycles. The fourth-order valence-corrected chi connectivity index (χ4v) is 2.93. The topological polar surface area (TPSA) is 75.9 Å². The zero-order valence-corrected chi connectivity index (χ0v) is 13.5. The average molecular weight is 339 g/mol. The highest BCUT2D eigenvalue weighted by atomic mass is 19.1. The van der Waals surface area contributed by atoms with Gasteiger partial charge in [-0.1, -0.05) is 6.07 Å². The maximum absolute atomic E-state index is 13.3. The highest BCUT2D eigenvalue weighted by molar-refractivity contribution is 5.38. The highest BCUT2D eigenvalue weighted by Gasteiger charge is 2.29. The fraction of sp³-hybridized carbons (Fsp3) is 0.278. The van der Waals surface area contributed by atoms with Crippen molar-refractivity contribution in [2.45, 2.75) is 31.4 Å². The molecule has 3 aromatic rings. The van der Waals surface area contributed by atoms with Gasteiger partial charge in [0.05, 0.1) is 18.0 Å². The molecule has 1 aromatic carbocycles. The molecule has 7 heteroatoms. The van der Waals surface area contributed by atoms with Crippen molar-refractivity contribution in [3.63, 3.8) is 0 Å². The largest absolute Gasteiger partial charge is 0.393 e. The number of nitrogens with zero attached hydrogens (tertiary/aromatic N) is 4. The van der Waals surface area contributed by atoms with Crippen molar-refractivity contribution >= 4 is 5.82 Å². The smallest absolute Gasteiger partial charge is 0.129 e. The van der Waals surface area contributed by atoms with Crippen LogP contribution in [0.25, 0.3) is 5.69 Å². The molecule has 6 nitrogen and oxygen atoms in total. The number of hydrogen-bond acceptors (Lipinski definition) is 5. The Kier molecular flexibility index (Phi) is 4.15. The van der Waals surface area contributed by atoms with E-state index in [4.69, 9.17) is 0 Å². The second-order valence-electron chi connectivity index (χ2n) is 6.28. The summed E-state index contributed by atoms with van der Waals surface area (Å²) in [4.78, 5) is 8.52. The number of rotatable bonds is 5. The van der Waals surface area contributed by atoms with E-state index in [9.17, 15) is 9.50 Å². The summed E-state index contributed by atoms with van der Waals surface area (Å²) in [6, 6.07) is 8.23. The lowest BCUT2D eigenvalue weighted by molar-refractivity contribution is 0.0732. The molecule has 128 valence electrons. The zero-order chi connectivity index (χ0) is 17.2. The van der Waals surface area contributed by atoms with Crippen LogP contribution in [0.15, 0.2) is 49.1 Å². The van der Waals surface area contributed by atoms with Crippen LogP contribution < -0.4 is 5.32 Å². The van der Waals surface area contributed by atoms with Crippen LogP contribution in [-0.2, 0) is 6.54 Å². The summed E-state index contributed by atoms with van der Waals surface area (Å²) in [6.07, 6.45) is 6.45. The monoisotopic (exact) mass is 339 g/mol. The summed E-state index contributed by atoms with van der Waals surface area (Å²) in [6.45, 7) is 0.555. The van der Waals surface area contributed by atoms with Gasteiger partial charge in [0.1, 0.15) is 18.0 Å². The molecule has 0 atom stereocenters. The molecule has 1 aliphatic carbocycles. The van der Waals surface area contributed by atoms with E-state index < -0.39 is 0 Å². The number of anilines is 1. The Morgan fingerprint density at radius 3 is 2.92 bits per heavy atom. The Morgan fingerprint density at radius 2 is 2.12 bits per heavy atom. The third-order valence-electron chi connectivity index (χ3n) is 4.40. The minimum absolute atomic E-state index is 0.204. The number of nitrogens with one attached hydrogen (secondary N) is 1. The Labute approximate surface area is 144 Å². The number of hydrogen-bond donors (Lipinski definition) is 2. The number of benzene rings is 1. The normalized spacial score (nSPS) is 19.4. The Bertz CT molecular complexity index is 875. The van der Waals surface area contributed by atoms with Gasteiger partial charge in [-0.2, -0.15) is 5.10 Å². The predicted octanol–water partition coefficient (Wildman–Crippen LogP) is 2.65.